The minimum atomic E-state index is -0.278. The second kappa shape index (κ2) is 4.79. The molecule has 1 rings (SSSR count). The minimum Gasteiger partial charge on any atom is -0.465 e. The van der Waals surface area contributed by atoms with Crippen LogP contribution in [-0.4, -0.2) is 18.4 Å². The van der Waals surface area contributed by atoms with Crippen molar-refractivity contribution < 1.29 is 9.53 Å². The molecule has 1 aromatic rings. The van der Waals surface area contributed by atoms with Gasteiger partial charge in [0.25, 0.3) is 0 Å². The third kappa shape index (κ3) is 2.59. The van der Waals surface area contributed by atoms with Crippen LogP contribution in [0.3, 0.4) is 0 Å². The van der Waals surface area contributed by atoms with Crippen molar-refractivity contribution in [2.45, 2.75) is 19.3 Å². The average Bonchev–Trinajstić information content (AvgIpc) is 2.28. The van der Waals surface area contributed by atoms with Crippen LogP contribution in [0.1, 0.15) is 29.8 Å². The van der Waals surface area contributed by atoms with E-state index in [2.05, 4.69) is 29.8 Å². The molecule has 0 spiro atoms. The van der Waals surface area contributed by atoms with Gasteiger partial charge in [0.2, 0.25) is 0 Å². The highest BCUT2D eigenvalue weighted by molar-refractivity contribution is 9.09. The molecule has 82 valence electrons. The van der Waals surface area contributed by atoms with Crippen molar-refractivity contribution in [1.82, 2.24) is 0 Å². The Hall–Kier alpha value is -0.830. The van der Waals surface area contributed by atoms with Crippen molar-refractivity contribution in [2.24, 2.45) is 0 Å². The van der Waals surface area contributed by atoms with Gasteiger partial charge in [0.05, 0.1) is 12.7 Å². The lowest BCUT2D eigenvalue weighted by molar-refractivity contribution is 0.0598. The molecule has 0 heterocycles. The number of carbonyl (C=O) groups is 1. The number of rotatable bonds is 3. The number of ether oxygens (including phenoxy) is 1. The summed E-state index contributed by atoms with van der Waals surface area (Å²) in [5, 5.41) is 0.800. The van der Waals surface area contributed by atoms with Gasteiger partial charge >= 0.3 is 5.97 Å². The highest BCUT2D eigenvalue weighted by Gasteiger charge is 2.24. The number of benzene rings is 1. The Bertz CT molecular complexity index is 358. The first-order valence-corrected chi connectivity index (χ1v) is 5.89. The number of carbonyl (C=O) groups excluding carboxylic acids is 1. The van der Waals surface area contributed by atoms with Crippen molar-refractivity contribution in [2.75, 3.05) is 12.4 Å². The maximum absolute atomic E-state index is 11.6. The molecule has 0 saturated heterocycles. The Kier molecular flexibility index (Phi) is 3.91. The van der Waals surface area contributed by atoms with E-state index in [1.165, 1.54) is 7.11 Å². The Morgan fingerprint density at radius 3 is 2.53 bits per heavy atom. The number of alkyl halides is 1. The van der Waals surface area contributed by atoms with E-state index in [0.717, 1.165) is 10.9 Å². The van der Waals surface area contributed by atoms with Crippen LogP contribution in [0.15, 0.2) is 24.3 Å². The minimum absolute atomic E-state index is 0.0786. The van der Waals surface area contributed by atoms with Crippen LogP contribution in [0.4, 0.5) is 0 Å². The first-order valence-electron chi connectivity index (χ1n) is 4.76. The normalized spacial score (nSPS) is 11.2. The zero-order valence-corrected chi connectivity index (χ0v) is 10.8. The van der Waals surface area contributed by atoms with Crippen LogP contribution in [0.2, 0.25) is 0 Å². The summed E-state index contributed by atoms with van der Waals surface area (Å²) in [7, 11) is 1.40. The summed E-state index contributed by atoms with van der Waals surface area (Å²) in [6.45, 7) is 4.17. The largest absolute Gasteiger partial charge is 0.465 e. The standard InChI is InChI=1S/C12H15BrO2/c1-12(2,8-13)10-7-5-4-6-9(10)11(14)15-3/h4-7H,8H2,1-3H3. The Morgan fingerprint density at radius 1 is 1.40 bits per heavy atom. The highest BCUT2D eigenvalue weighted by atomic mass is 79.9. The molecule has 0 atom stereocenters. The van der Waals surface area contributed by atoms with Crippen molar-refractivity contribution >= 4 is 21.9 Å². The first-order chi connectivity index (χ1) is 7.03. The van der Waals surface area contributed by atoms with Crippen molar-refractivity contribution in [1.29, 1.82) is 0 Å². The molecule has 15 heavy (non-hydrogen) atoms. The van der Waals surface area contributed by atoms with Crippen LogP contribution in [0.5, 0.6) is 0 Å². The molecule has 2 nitrogen and oxygen atoms in total. The number of methoxy groups -OCH3 is 1. The molecule has 0 N–H and O–H groups in total. The quantitative estimate of drug-likeness (QED) is 0.623. The Labute approximate surface area is 98.8 Å². The summed E-state index contributed by atoms with van der Waals surface area (Å²) < 4.78 is 4.76. The van der Waals surface area contributed by atoms with Gasteiger partial charge in [0, 0.05) is 10.7 Å². The predicted octanol–water partition coefficient (Wildman–Crippen LogP) is 3.15. The molecule has 0 saturated carbocycles. The molecule has 3 heteroatoms. The zero-order valence-electron chi connectivity index (χ0n) is 9.21. The second-order valence-corrected chi connectivity index (χ2v) is 4.62. The molecule has 0 fully saturated rings. The van der Waals surface area contributed by atoms with E-state index in [1.54, 1.807) is 6.07 Å². The number of halogens is 1. The summed E-state index contributed by atoms with van der Waals surface area (Å²) in [5.74, 6) is -0.278. The number of hydrogen-bond acceptors (Lipinski definition) is 2. The highest BCUT2D eigenvalue weighted by Crippen LogP contribution is 2.28. The van der Waals surface area contributed by atoms with Gasteiger partial charge < -0.3 is 4.74 Å². The third-order valence-corrected chi connectivity index (χ3v) is 3.80. The lowest BCUT2D eigenvalue weighted by Gasteiger charge is -2.24. The second-order valence-electron chi connectivity index (χ2n) is 4.05. The monoisotopic (exact) mass is 270 g/mol. The number of esters is 1. The first kappa shape index (κ1) is 12.2. The van der Waals surface area contributed by atoms with Gasteiger partial charge in [-0.15, -0.1) is 0 Å². The maximum Gasteiger partial charge on any atom is 0.338 e. The summed E-state index contributed by atoms with van der Waals surface area (Å²) >= 11 is 3.46. The van der Waals surface area contributed by atoms with E-state index in [0.29, 0.717) is 5.56 Å². The van der Waals surface area contributed by atoms with Crippen molar-refractivity contribution in [3.8, 4) is 0 Å². The fourth-order valence-electron chi connectivity index (χ4n) is 1.43. The van der Waals surface area contributed by atoms with Gasteiger partial charge in [0.1, 0.15) is 0 Å². The lowest BCUT2D eigenvalue weighted by atomic mass is 9.84. The summed E-state index contributed by atoms with van der Waals surface area (Å²) in [6.07, 6.45) is 0. The molecule has 0 aliphatic heterocycles. The van der Waals surface area contributed by atoms with Crippen LogP contribution in [-0.2, 0) is 10.2 Å². The van der Waals surface area contributed by atoms with Gasteiger partial charge in [-0.2, -0.15) is 0 Å². The van der Waals surface area contributed by atoms with E-state index in [1.807, 2.05) is 18.2 Å². The maximum atomic E-state index is 11.6. The summed E-state index contributed by atoms with van der Waals surface area (Å²) in [5.41, 5.74) is 1.57. The van der Waals surface area contributed by atoms with Gasteiger partial charge in [-0.25, -0.2) is 4.79 Å². The SMILES string of the molecule is COC(=O)c1ccccc1C(C)(C)CBr. The smallest absolute Gasteiger partial charge is 0.338 e. The molecule has 0 unspecified atom stereocenters. The molecule has 1 aromatic carbocycles. The van der Waals surface area contributed by atoms with Gasteiger partial charge in [0.15, 0.2) is 0 Å². The fourth-order valence-corrected chi connectivity index (χ4v) is 1.74. The Morgan fingerprint density at radius 2 is 2.00 bits per heavy atom. The van der Waals surface area contributed by atoms with Gasteiger partial charge in [-0.3, -0.25) is 0 Å². The van der Waals surface area contributed by atoms with Crippen molar-refractivity contribution in [3.05, 3.63) is 35.4 Å². The van der Waals surface area contributed by atoms with E-state index >= 15 is 0 Å². The summed E-state index contributed by atoms with van der Waals surface area (Å²) in [4.78, 5) is 11.6. The van der Waals surface area contributed by atoms with E-state index in [-0.39, 0.29) is 11.4 Å². The summed E-state index contributed by atoms with van der Waals surface area (Å²) in [6, 6.07) is 7.55. The predicted molar refractivity (Wildman–Crippen MR) is 64.6 cm³/mol. The van der Waals surface area contributed by atoms with E-state index in [4.69, 9.17) is 4.74 Å². The molecular formula is C12H15BrO2. The third-order valence-electron chi connectivity index (χ3n) is 2.40. The van der Waals surface area contributed by atoms with Crippen LogP contribution >= 0.6 is 15.9 Å². The van der Waals surface area contributed by atoms with Gasteiger partial charge in [-0.05, 0) is 11.6 Å². The molecule has 0 aliphatic rings. The Balaban J connectivity index is 3.23. The zero-order chi connectivity index (χ0) is 11.5. The molecule has 0 radical (unpaired) electrons. The average molecular weight is 271 g/mol. The van der Waals surface area contributed by atoms with Crippen molar-refractivity contribution in [3.63, 3.8) is 0 Å². The van der Waals surface area contributed by atoms with E-state index < -0.39 is 0 Å². The molecule has 0 aromatic heterocycles. The van der Waals surface area contributed by atoms with Crippen LogP contribution in [0, 0.1) is 0 Å². The molecule has 0 bridgehead atoms. The van der Waals surface area contributed by atoms with Crippen LogP contribution in [0.25, 0.3) is 0 Å². The molecular weight excluding hydrogens is 256 g/mol. The topological polar surface area (TPSA) is 26.3 Å². The van der Waals surface area contributed by atoms with Crippen LogP contribution < -0.4 is 0 Å². The fraction of sp³-hybridized carbons (Fsp3) is 0.417. The van der Waals surface area contributed by atoms with E-state index in [9.17, 15) is 4.79 Å². The molecule has 0 amide bonds. The number of hydrogen-bond donors (Lipinski definition) is 0. The van der Waals surface area contributed by atoms with Gasteiger partial charge in [-0.1, -0.05) is 48.0 Å². The molecule has 0 aliphatic carbocycles. The lowest BCUT2D eigenvalue weighted by Crippen LogP contribution is -2.22.